The highest BCUT2D eigenvalue weighted by molar-refractivity contribution is 9.10. The number of nitriles is 1. The molecule has 134 valence electrons. The maximum absolute atomic E-state index is 10.5. The summed E-state index contributed by atoms with van der Waals surface area (Å²) >= 11 is 3.56. The van der Waals surface area contributed by atoms with Crippen LogP contribution in [0.4, 0.5) is 5.69 Å². The molecule has 0 saturated heterocycles. The molecule has 1 N–H and O–H groups in total. The number of fused-ring (bicyclic) bond motifs is 1. The van der Waals surface area contributed by atoms with Crippen molar-refractivity contribution >= 4 is 40.8 Å². The van der Waals surface area contributed by atoms with E-state index in [9.17, 15) is 10.1 Å². The molecule has 1 aromatic carbocycles. The minimum absolute atomic E-state index is 0.0871. The van der Waals surface area contributed by atoms with Crippen LogP contribution < -0.4 is 4.90 Å². The summed E-state index contributed by atoms with van der Waals surface area (Å²) in [7, 11) is 1.61. The Kier molecular flexibility index (Phi) is 5.62. The van der Waals surface area contributed by atoms with E-state index >= 15 is 0 Å². The summed E-state index contributed by atoms with van der Waals surface area (Å²) in [6, 6.07) is 8.37. The Morgan fingerprint density at radius 2 is 1.96 bits per heavy atom. The van der Waals surface area contributed by atoms with E-state index in [-0.39, 0.29) is 5.04 Å². The zero-order chi connectivity index (χ0) is 19.0. The van der Waals surface area contributed by atoms with Gasteiger partial charge in [-0.15, -0.1) is 0 Å². The Morgan fingerprint density at radius 1 is 1.32 bits per heavy atom. The third kappa shape index (κ3) is 4.05. The molecule has 0 spiro atoms. The van der Waals surface area contributed by atoms with Crippen molar-refractivity contribution in [1.29, 1.82) is 5.26 Å². The second kappa shape index (κ2) is 7.06. The molecule has 0 saturated carbocycles. The van der Waals surface area contributed by atoms with Crippen molar-refractivity contribution in [2.75, 3.05) is 19.0 Å². The summed E-state index contributed by atoms with van der Waals surface area (Å²) in [5, 5.41) is 10.5. The van der Waals surface area contributed by atoms with Gasteiger partial charge in [0.15, 0.2) is 8.32 Å². The van der Waals surface area contributed by atoms with Crippen LogP contribution >= 0.6 is 15.9 Å². The lowest BCUT2D eigenvalue weighted by Crippen LogP contribution is -2.39. The molecule has 0 aliphatic carbocycles. The van der Waals surface area contributed by atoms with Gasteiger partial charge >= 0.3 is 0 Å². The van der Waals surface area contributed by atoms with E-state index in [1.165, 1.54) is 0 Å². The van der Waals surface area contributed by atoms with E-state index in [0.29, 0.717) is 5.56 Å². The predicted octanol–water partition coefficient (Wildman–Crippen LogP) is 4.85. The number of pyridine rings is 1. The fourth-order valence-electron chi connectivity index (χ4n) is 2.69. The standard InChI is InChI=1S/C19H26BrN3OSi/c1-19(2,25(5,6)24)10-9-14-8-7-13-11-16(20)18(23(3)4)15(12-21)17(13)22-14/h7-8,11,24H,9-10H2,1-6H3. The number of anilines is 1. The molecule has 2 rings (SSSR count). The van der Waals surface area contributed by atoms with Gasteiger partial charge in [-0.25, -0.2) is 0 Å². The minimum Gasteiger partial charge on any atom is -0.432 e. The molecule has 0 atom stereocenters. The van der Waals surface area contributed by atoms with Crippen molar-refractivity contribution in [3.63, 3.8) is 0 Å². The zero-order valence-corrected chi connectivity index (χ0v) is 18.4. The predicted molar refractivity (Wildman–Crippen MR) is 111 cm³/mol. The maximum Gasteiger partial charge on any atom is 0.188 e. The van der Waals surface area contributed by atoms with Crippen molar-refractivity contribution in [2.45, 2.75) is 44.8 Å². The molecule has 0 radical (unpaired) electrons. The van der Waals surface area contributed by atoms with Gasteiger partial charge in [0.2, 0.25) is 0 Å². The van der Waals surface area contributed by atoms with Gasteiger partial charge in [-0.2, -0.15) is 5.26 Å². The first-order valence-electron chi connectivity index (χ1n) is 8.40. The van der Waals surface area contributed by atoms with E-state index in [1.807, 2.05) is 50.3 Å². The van der Waals surface area contributed by atoms with E-state index in [1.54, 1.807) is 0 Å². The zero-order valence-electron chi connectivity index (χ0n) is 15.8. The molecule has 0 unspecified atom stereocenters. The molecule has 2 aromatic rings. The Hall–Kier alpha value is -1.42. The summed E-state index contributed by atoms with van der Waals surface area (Å²) in [6.45, 7) is 8.22. The summed E-state index contributed by atoms with van der Waals surface area (Å²) < 4.78 is 0.894. The Balaban J connectivity index is 2.46. The van der Waals surface area contributed by atoms with Gasteiger partial charge in [0.05, 0.1) is 11.2 Å². The average molecular weight is 420 g/mol. The second-order valence-electron chi connectivity index (χ2n) is 7.91. The van der Waals surface area contributed by atoms with Crippen molar-refractivity contribution in [3.05, 3.63) is 33.9 Å². The number of halogens is 1. The lowest BCUT2D eigenvalue weighted by Gasteiger charge is -2.35. The van der Waals surface area contributed by atoms with E-state index < -0.39 is 8.32 Å². The number of hydrogen-bond acceptors (Lipinski definition) is 4. The van der Waals surface area contributed by atoms with Crippen LogP contribution in [-0.4, -0.2) is 32.2 Å². The smallest absolute Gasteiger partial charge is 0.188 e. The molecule has 6 heteroatoms. The Bertz CT molecular complexity index is 835. The molecule has 0 bridgehead atoms. The summed E-state index contributed by atoms with van der Waals surface area (Å²) in [5.41, 5.74) is 3.14. The highest BCUT2D eigenvalue weighted by Crippen LogP contribution is 2.40. The average Bonchev–Trinajstić information content (AvgIpc) is 2.50. The van der Waals surface area contributed by atoms with Gasteiger partial charge in [0.1, 0.15) is 11.6 Å². The van der Waals surface area contributed by atoms with Crippen molar-refractivity contribution < 1.29 is 4.80 Å². The topological polar surface area (TPSA) is 60.1 Å². The van der Waals surface area contributed by atoms with Crippen LogP contribution in [0.1, 0.15) is 31.5 Å². The number of nitrogens with zero attached hydrogens (tertiary/aromatic N) is 3. The first kappa shape index (κ1) is 19.9. The van der Waals surface area contributed by atoms with E-state index in [4.69, 9.17) is 4.98 Å². The second-order valence-corrected chi connectivity index (χ2v) is 13.2. The normalized spacial score (nSPS) is 12.3. The number of aromatic nitrogens is 1. The van der Waals surface area contributed by atoms with Crippen LogP contribution in [0.3, 0.4) is 0 Å². The molecule has 25 heavy (non-hydrogen) atoms. The lowest BCUT2D eigenvalue weighted by molar-refractivity contribution is 0.450. The summed E-state index contributed by atoms with van der Waals surface area (Å²) in [6.07, 6.45) is 1.67. The van der Waals surface area contributed by atoms with Crippen molar-refractivity contribution in [3.8, 4) is 6.07 Å². The van der Waals surface area contributed by atoms with Gasteiger partial charge in [0.25, 0.3) is 0 Å². The van der Waals surface area contributed by atoms with Crippen LogP contribution in [0.25, 0.3) is 10.9 Å². The number of benzene rings is 1. The van der Waals surface area contributed by atoms with Crippen LogP contribution in [0.2, 0.25) is 18.1 Å². The third-order valence-corrected chi connectivity index (χ3v) is 9.35. The van der Waals surface area contributed by atoms with Gasteiger partial charge in [-0.05, 0) is 59.0 Å². The number of aryl methyl sites for hydroxylation is 1. The Morgan fingerprint density at radius 3 is 2.48 bits per heavy atom. The highest BCUT2D eigenvalue weighted by atomic mass is 79.9. The molecule has 4 nitrogen and oxygen atoms in total. The number of rotatable bonds is 5. The first-order valence-corrected chi connectivity index (χ1v) is 12.1. The monoisotopic (exact) mass is 419 g/mol. The molecule has 1 heterocycles. The van der Waals surface area contributed by atoms with Crippen LogP contribution in [0, 0.1) is 11.3 Å². The van der Waals surface area contributed by atoms with Crippen LogP contribution in [0.15, 0.2) is 22.7 Å². The van der Waals surface area contributed by atoms with Crippen LogP contribution in [-0.2, 0) is 6.42 Å². The van der Waals surface area contributed by atoms with E-state index in [2.05, 4.69) is 35.8 Å². The van der Waals surface area contributed by atoms with Crippen LogP contribution in [0.5, 0.6) is 0 Å². The van der Waals surface area contributed by atoms with Gasteiger partial charge in [-0.1, -0.05) is 19.9 Å². The van der Waals surface area contributed by atoms with Crippen molar-refractivity contribution in [1.82, 2.24) is 4.98 Å². The number of hydrogen-bond donors (Lipinski definition) is 1. The SMILES string of the molecule is CN(C)c1c(Br)cc2ccc(CCC(C)(C)[Si](C)(C)O)nc2c1C#N. The lowest BCUT2D eigenvalue weighted by atomic mass is 10.0. The van der Waals surface area contributed by atoms with E-state index in [0.717, 1.165) is 39.6 Å². The molecular weight excluding hydrogens is 394 g/mol. The Labute approximate surface area is 159 Å². The quantitative estimate of drug-likeness (QED) is 0.703. The third-order valence-electron chi connectivity index (χ3n) is 5.19. The fraction of sp³-hybridized carbons (Fsp3) is 0.474. The summed E-state index contributed by atoms with van der Waals surface area (Å²) in [4.78, 5) is 17.2. The highest BCUT2D eigenvalue weighted by Gasteiger charge is 2.37. The largest absolute Gasteiger partial charge is 0.432 e. The molecule has 0 fully saturated rings. The molecular formula is C19H26BrN3OSi. The molecule has 0 amide bonds. The molecule has 1 aromatic heterocycles. The van der Waals surface area contributed by atoms with Crippen molar-refractivity contribution in [2.24, 2.45) is 0 Å². The van der Waals surface area contributed by atoms with Gasteiger partial charge in [0, 0.05) is 29.6 Å². The first-order chi connectivity index (χ1) is 11.5. The maximum atomic E-state index is 10.5. The molecule has 0 aliphatic heterocycles. The molecule has 0 aliphatic rings. The summed E-state index contributed by atoms with van der Waals surface area (Å²) in [5.74, 6) is 0. The fourth-order valence-corrected chi connectivity index (χ4v) is 4.23. The minimum atomic E-state index is -2.23. The van der Waals surface area contributed by atoms with Gasteiger partial charge in [-0.3, -0.25) is 4.98 Å². The van der Waals surface area contributed by atoms with Gasteiger partial charge < -0.3 is 9.70 Å².